The molecule has 0 spiro atoms. The van der Waals surface area contributed by atoms with Gasteiger partial charge in [0.05, 0.1) is 6.61 Å². The van der Waals surface area contributed by atoms with Gasteiger partial charge in [-0.3, -0.25) is 4.79 Å². The molecule has 0 aliphatic rings. The summed E-state index contributed by atoms with van der Waals surface area (Å²) in [6.07, 6.45) is 10.2. The van der Waals surface area contributed by atoms with E-state index in [1.54, 1.807) is 12.1 Å². The van der Waals surface area contributed by atoms with Crippen LogP contribution in [0.15, 0.2) is 16.5 Å². The summed E-state index contributed by atoms with van der Waals surface area (Å²) < 4.78 is 10.7. The van der Waals surface area contributed by atoms with Gasteiger partial charge >= 0.3 is 0 Å². The van der Waals surface area contributed by atoms with Gasteiger partial charge in [-0.1, -0.05) is 51.9 Å². The summed E-state index contributed by atoms with van der Waals surface area (Å²) in [4.78, 5) is 11.0. The Bertz CT molecular complexity index is 355. The predicted molar refractivity (Wildman–Crippen MR) is 76.8 cm³/mol. The standard InChI is InChI=1S/C16H26O3/c1-3-4-5-6-7-8-9-10-13-18-16-12-11-15(19-16)14(2)17/h11-12H,3-10,13H2,1-2H3. The highest BCUT2D eigenvalue weighted by molar-refractivity contribution is 5.91. The molecule has 0 saturated carbocycles. The zero-order valence-electron chi connectivity index (χ0n) is 12.2. The number of ether oxygens (including phenoxy) is 1. The number of carbonyl (C=O) groups is 1. The minimum Gasteiger partial charge on any atom is -0.465 e. The van der Waals surface area contributed by atoms with Gasteiger partial charge < -0.3 is 9.15 Å². The molecule has 3 nitrogen and oxygen atoms in total. The van der Waals surface area contributed by atoms with Crippen LogP contribution in [0.3, 0.4) is 0 Å². The molecule has 1 aromatic heterocycles. The van der Waals surface area contributed by atoms with Crippen molar-refractivity contribution in [3.8, 4) is 5.95 Å². The molecule has 19 heavy (non-hydrogen) atoms. The quantitative estimate of drug-likeness (QED) is 0.418. The van der Waals surface area contributed by atoms with E-state index in [9.17, 15) is 4.79 Å². The average molecular weight is 266 g/mol. The fraction of sp³-hybridized carbons (Fsp3) is 0.688. The summed E-state index contributed by atoms with van der Waals surface area (Å²) in [7, 11) is 0. The highest BCUT2D eigenvalue weighted by Crippen LogP contribution is 2.17. The van der Waals surface area contributed by atoms with Crippen molar-refractivity contribution in [1.29, 1.82) is 0 Å². The molecule has 0 unspecified atom stereocenters. The normalized spacial score (nSPS) is 10.6. The zero-order valence-corrected chi connectivity index (χ0v) is 12.2. The molecule has 0 aliphatic heterocycles. The minimum atomic E-state index is -0.0677. The summed E-state index contributed by atoms with van der Waals surface area (Å²) in [5.41, 5.74) is 0. The Morgan fingerprint density at radius 2 is 1.68 bits per heavy atom. The second-order valence-corrected chi connectivity index (χ2v) is 5.00. The highest BCUT2D eigenvalue weighted by Gasteiger charge is 2.06. The molecule has 0 radical (unpaired) electrons. The van der Waals surface area contributed by atoms with E-state index in [0.29, 0.717) is 18.3 Å². The molecule has 0 amide bonds. The molecule has 0 saturated heterocycles. The van der Waals surface area contributed by atoms with Gasteiger partial charge in [-0.2, -0.15) is 0 Å². The third kappa shape index (κ3) is 7.04. The number of hydrogen-bond donors (Lipinski definition) is 0. The molecule has 1 heterocycles. The lowest BCUT2D eigenvalue weighted by Crippen LogP contribution is -1.96. The van der Waals surface area contributed by atoms with Crippen molar-refractivity contribution in [2.24, 2.45) is 0 Å². The second-order valence-electron chi connectivity index (χ2n) is 5.00. The van der Waals surface area contributed by atoms with Crippen molar-refractivity contribution in [3.05, 3.63) is 17.9 Å². The van der Waals surface area contributed by atoms with Crippen LogP contribution in [0.2, 0.25) is 0 Å². The van der Waals surface area contributed by atoms with E-state index in [0.717, 1.165) is 6.42 Å². The number of unbranched alkanes of at least 4 members (excludes halogenated alkanes) is 7. The topological polar surface area (TPSA) is 39.4 Å². The van der Waals surface area contributed by atoms with E-state index < -0.39 is 0 Å². The zero-order chi connectivity index (χ0) is 13.9. The molecule has 0 bridgehead atoms. The smallest absolute Gasteiger partial charge is 0.284 e. The monoisotopic (exact) mass is 266 g/mol. The second kappa shape index (κ2) is 9.65. The van der Waals surface area contributed by atoms with Crippen molar-refractivity contribution in [2.45, 2.75) is 65.2 Å². The van der Waals surface area contributed by atoms with Crippen LogP contribution in [0, 0.1) is 0 Å². The first-order valence-electron chi connectivity index (χ1n) is 7.47. The van der Waals surface area contributed by atoms with E-state index in [1.807, 2.05) is 0 Å². The molecular weight excluding hydrogens is 240 g/mol. The van der Waals surface area contributed by atoms with Gasteiger partial charge in [0.25, 0.3) is 5.95 Å². The summed E-state index contributed by atoms with van der Waals surface area (Å²) >= 11 is 0. The van der Waals surface area contributed by atoms with Crippen LogP contribution in [-0.2, 0) is 0 Å². The summed E-state index contributed by atoms with van der Waals surface area (Å²) in [5.74, 6) is 0.751. The van der Waals surface area contributed by atoms with Crippen molar-refractivity contribution in [3.63, 3.8) is 0 Å². The van der Waals surface area contributed by atoms with E-state index in [1.165, 1.54) is 51.9 Å². The SMILES string of the molecule is CCCCCCCCCCOc1ccc(C(C)=O)o1. The van der Waals surface area contributed by atoms with Crippen LogP contribution in [0.4, 0.5) is 0 Å². The third-order valence-electron chi connectivity index (χ3n) is 3.17. The highest BCUT2D eigenvalue weighted by atomic mass is 16.6. The number of ketones is 1. The predicted octanol–water partition coefficient (Wildman–Crippen LogP) is 5.00. The van der Waals surface area contributed by atoms with E-state index in [2.05, 4.69) is 6.92 Å². The van der Waals surface area contributed by atoms with E-state index >= 15 is 0 Å². The number of Topliss-reactive ketones (excluding diaryl/α,β-unsaturated/α-hetero) is 1. The van der Waals surface area contributed by atoms with Crippen LogP contribution >= 0.6 is 0 Å². The maximum Gasteiger partial charge on any atom is 0.284 e. The van der Waals surface area contributed by atoms with Crippen LogP contribution in [0.5, 0.6) is 5.95 Å². The van der Waals surface area contributed by atoms with Crippen molar-refractivity contribution in [2.75, 3.05) is 6.61 Å². The average Bonchev–Trinajstić information content (AvgIpc) is 2.86. The lowest BCUT2D eigenvalue weighted by Gasteiger charge is -2.03. The molecular formula is C16H26O3. The molecule has 0 aliphatic carbocycles. The number of carbonyl (C=O) groups excluding carboxylic acids is 1. The van der Waals surface area contributed by atoms with Crippen molar-refractivity contribution < 1.29 is 13.9 Å². The van der Waals surface area contributed by atoms with E-state index in [4.69, 9.17) is 9.15 Å². The first kappa shape index (κ1) is 15.8. The molecule has 108 valence electrons. The van der Waals surface area contributed by atoms with Gasteiger partial charge in [0.1, 0.15) is 0 Å². The number of hydrogen-bond acceptors (Lipinski definition) is 3. The van der Waals surface area contributed by atoms with Crippen molar-refractivity contribution >= 4 is 5.78 Å². The lowest BCUT2D eigenvalue weighted by molar-refractivity contribution is 0.0978. The molecule has 0 aromatic carbocycles. The summed E-state index contributed by atoms with van der Waals surface area (Å²) in [6.45, 7) is 4.39. The van der Waals surface area contributed by atoms with Crippen LogP contribution in [0.25, 0.3) is 0 Å². The Morgan fingerprint density at radius 3 is 2.26 bits per heavy atom. The fourth-order valence-electron chi connectivity index (χ4n) is 2.00. The minimum absolute atomic E-state index is 0.0677. The van der Waals surface area contributed by atoms with Crippen molar-refractivity contribution in [1.82, 2.24) is 0 Å². The van der Waals surface area contributed by atoms with Gasteiger partial charge in [-0.15, -0.1) is 0 Å². The molecule has 1 rings (SSSR count). The van der Waals surface area contributed by atoms with Crippen LogP contribution in [0.1, 0.15) is 75.8 Å². The Labute approximate surface area is 116 Å². The first-order valence-corrected chi connectivity index (χ1v) is 7.47. The molecule has 0 atom stereocenters. The molecule has 0 fully saturated rings. The maximum absolute atomic E-state index is 11.0. The Morgan fingerprint density at radius 1 is 1.05 bits per heavy atom. The lowest BCUT2D eigenvalue weighted by atomic mass is 10.1. The third-order valence-corrected chi connectivity index (χ3v) is 3.17. The first-order chi connectivity index (χ1) is 9.24. The van der Waals surface area contributed by atoms with Gasteiger partial charge in [-0.05, 0) is 12.5 Å². The van der Waals surface area contributed by atoms with E-state index in [-0.39, 0.29) is 5.78 Å². The molecule has 3 heteroatoms. The largest absolute Gasteiger partial charge is 0.465 e. The summed E-state index contributed by atoms with van der Waals surface area (Å²) in [5, 5.41) is 0. The van der Waals surface area contributed by atoms with Gasteiger partial charge in [0, 0.05) is 13.0 Å². The van der Waals surface area contributed by atoms with Gasteiger partial charge in [-0.25, -0.2) is 0 Å². The Balaban J connectivity index is 1.97. The Hall–Kier alpha value is -1.25. The van der Waals surface area contributed by atoms with Gasteiger partial charge in [0.15, 0.2) is 11.5 Å². The molecule has 0 N–H and O–H groups in total. The fourth-order valence-corrected chi connectivity index (χ4v) is 2.00. The summed E-state index contributed by atoms with van der Waals surface area (Å²) in [6, 6.07) is 3.37. The maximum atomic E-state index is 11.0. The van der Waals surface area contributed by atoms with Crippen LogP contribution in [-0.4, -0.2) is 12.4 Å². The molecule has 1 aromatic rings. The Kier molecular flexibility index (Phi) is 8.03. The van der Waals surface area contributed by atoms with Crippen LogP contribution < -0.4 is 4.74 Å². The number of rotatable bonds is 11. The van der Waals surface area contributed by atoms with Gasteiger partial charge in [0.2, 0.25) is 0 Å². The number of furan rings is 1.